The highest BCUT2D eigenvalue weighted by molar-refractivity contribution is 5.99. The molecule has 1 aromatic carbocycles. The number of ether oxygens (including phenoxy) is 1. The Morgan fingerprint density at radius 1 is 1.48 bits per heavy atom. The summed E-state index contributed by atoms with van der Waals surface area (Å²) in [6, 6.07) is 9.38. The fraction of sp³-hybridized carbons (Fsp3) is 0.375. The van der Waals surface area contributed by atoms with Gasteiger partial charge in [-0.2, -0.15) is 0 Å². The lowest BCUT2D eigenvalue weighted by Crippen LogP contribution is -2.48. The van der Waals surface area contributed by atoms with Crippen LogP contribution >= 0.6 is 0 Å². The van der Waals surface area contributed by atoms with Crippen molar-refractivity contribution < 1.29 is 9.53 Å². The van der Waals surface area contributed by atoms with Gasteiger partial charge in [0.2, 0.25) is 0 Å². The molecule has 1 saturated heterocycles. The zero-order valence-electron chi connectivity index (χ0n) is 12.1. The van der Waals surface area contributed by atoms with Crippen molar-refractivity contribution in [3.05, 3.63) is 36.0 Å². The summed E-state index contributed by atoms with van der Waals surface area (Å²) in [7, 11) is 0. The van der Waals surface area contributed by atoms with Crippen LogP contribution in [0, 0.1) is 0 Å². The second-order valence-electron chi connectivity index (χ2n) is 5.25. The number of pyridine rings is 1. The number of morpholine rings is 1. The molecule has 3 rings (SSSR count). The van der Waals surface area contributed by atoms with Crippen LogP contribution in [0.3, 0.4) is 0 Å². The first-order valence-corrected chi connectivity index (χ1v) is 7.24. The molecule has 1 aliphatic heterocycles. The fourth-order valence-corrected chi connectivity index (χ4v) is 2.72. The first kappa shape index (κ1) is 13.8. The van der Waals surface area contributed by atoms with E-state index in [1.165, 1.54) is 0 Å². The minimum Gasteiger partial charge on any atom is -0.398 e. The van der Waals surface area contributed by atoms with Gasteiger partial charge in [-0.15, -0.1) is 0 Å². The number of aromatic nitrogens is 1. The van der Waals surface area contributed by atoms with E-state index in [0.717, 1.165) is 17.3 Å². The van der Waals surface area contributed by atoms with Crippen LogP contribution in [-0.4, -0.2) is 41.6 Å². The average Bonchev–Trinajstić information content (AvgIpc) is 2.54. The minimum absolute atomic E-state index is 0.0670. The topological polar surface area (TPSA) is 68.5 Å². The highest BCUT2D eigenvalue weighted by Crippen LogP contribution is 2.22. The molecule has 1 amide bonds. The van der Waals surface area contributed by atoms with E-state index in [-0.39, 0.29) is 11.9 Å². The predicted octanol–water partition coefficient (Wildman–Crippen LogP) is 2.07. The van der Waals surface area contributed by atoms with Crippen molar-refractivity contribution in [2.24, 2.45) is 0 Å². The molecule has 1 unspecified atom stereocenters. The van der Waals surface area contributed by atoms with E-state index in [2.05, 4.69) is 11.9 Å². The summed E-state index contributed by atoms with van der Waals surface area (Å²) in [4.78, 5) is 19.0. The molecule has 1 aromatic heterocycles. The van der Waals surface area contributed by atoms with Gasteiger partial charge in [-0.3, -0.25) is 4.79 Å². The number of anilines is 1. The standard InChI is InChI=1S/C16H19N3O2/c1-2-11-10-21-8-7-19(11)16(20)15-9-13(17)12-5-3-4-6-14(12)18-15/h3-6,9,11H,2,7-8,10H2,1H3,(H2,17,18). The molecular weight excluding hydrogens is 266 g/mol. The molecule has 0 bridgehead atoms. The maximum absolute atomic E-state index is 12.7. The Morgan fingerprint density at radius 3 is 3.10 bits per heavy atom. The maximum Gasteiger partial charge on any atom is 0.272 e. The monoisotopic (exact) mass is 285 g/mol. The molecular formula is C16H19N3O2. The number of nitrogens with zero attached hydrogens (tertiary/aromatic N) is 2. The van der Waals surface area contributed by atoms with Gasteiger partial charge in [-0.05, 0) is 18.6 Å². The van der Waals surface area contributed by atoms with Crippen LogP contribution in [0.4, 0.5) is 5.69 Å². The number of hydrogen-bond acceptors (Lipinski definition) is 4. The van der Waals surface area contributed by atoms with Crippen molar-refractivity contribution in [2.45, 2.75) is 19.4 Å². The van der Waals surface area contributed by atoms with Crippen molar-refractivity contribution in [1.82, 2.24) is 9.88 Å². The first-order valence-electron chi connectivity index (χ1n) is 7.24. The third-order valence-corrected chi connectivity index (χ3v) is 3.93. The number of benzene rings is 1. The van der Waals surface area contributed by atoms with E-state index in [1.807, 2.05) is 29.2 Å². The Kier molecular flexibility index (Phi) is 3.75. The van der Waals surface area contributed by atoms with Gasteiger partial charge in [0.25, 0.3) is 5.91 Å². The minimum atomic E-state index is -0.0670. The van der Waals surface area contributed by atoms with Gasteiger partial charge < -0.3 is 15.4 Å². The molecule has 21 heavy (non-hydrogen) atoms. The Balaban J connectivity index is 1.97. The number of carbonyl (C=O) groups excluding carboxylic acids is 1. The molecule has 2 heterocycles. The summed E-state index contributed by atoms with van der Waals surface area (Å²) < 4.78 is 5.44. The van der Waals surface area contributed by atoms with Gasteiger partial charge in [0.1, 0.15) is 5.69 Å². The normalized spacial score (nSPS) is 18.9. The number of carbonyl (C=O) groups is 1. The van der Waals surface area contributed by atoms with Crippen molar-refractivity contribution in [3.8, 4) is 0 Å². The molecule has 0 saturated carbocycles. The number of nitrogen functional groups attached to an aromatic ring is 1. The van der Waals surface area contributed by atoms with E-state index in [9.17, 15) is 4.79 Å². The highest BCUT2D eigenvalue weighted by atomic mass is 16.5. The molecule has 0 spiro atoms. The van der Waals surface area contributed by atoms with E-state index < -0.39 is 0 Å². The van der Waals surface area contributed by atoms with Crippen LogP contribution in [0.15, 0.2) is 30.3 Å². The molecule has 5 heteroatoms. The van der Waals surface area contributed by atoms with E-state index >= 15 is 0 Å². The van der Waals surface area contributed by atoms with Crippen LogP contribution < -0.4 is 5.73 Å². The number of para-hydroxylation sites is 1. The van der Waals surface area contributed by atoms with Crippen LogP contribution in [-0.2, 0) is 4.74 Å². The zero-order chi connectivity index (χ0) is 14.8. The van der Waals surface area contributed by atoms with Crippen LogP contribution in [0.1, 0.15) is 23.8 Å². The van der Waals surface area contributed by atoms with Crippen molar-refractivity contribution >= 4 is 22.5 Å². The third-order valence-electron chi connectivity index (χ3n) is 3.93. The van der Waals surface area contributed by atoms with Gasteiger partial charge in [-0.1, -0.05) is 25.1 Å². The lowest BCUT2D eigenvalue weighted by atomic mass is 10.1. The van der Waals surface area contributed by atoms with Crippen LogP contribution in [0.25, 0.3) is 10.9 Å². The summed E-state index contributed by atoms with van der Waals surface area (Å²) in [6.45, 7) is 3.82. The second-order valence-corrected chi connectivity index (χ2v) is 5.25. The molecule has 5 nitrogen and oxygen atoms in total. The van der Waals surface area contributed by atoms with Crippen molar-refractivity contribution in [3.63, 3.8) is 0 Å². The second kappa shape index (κ2) is 5.69. The average molecular weight is 285 g/mol. The third kappa shape index (κ3) is 2.56. The van der Waals surface area contributed by atoms with Gasteiger partial charge in [-0.25, -0.2) is 4.98 Å². The summed E-state index contributed by atoms with van der Waals surface area (Å²) in [5.74, 6) is -0.0670. The highest BCUT2D eigenvalue weighted by Gasteiger charge is 2.27. The molecule has 1 aliphatic rings. The van der Waals surface area contributed by atoms with Gasteiger partial charge >= 0.3 is 0 Å². The Labute approximate surface area is 123 Å². The van der Waals surface area contributed by atoms with E-state index in [0.29, 0.717) is 31.1 Å². The maximum atomic E-state index is 12.7. The SMILES string of the molecule is CCC1COCCN1C(=O)c1cc(N)c2ccccc2n1. The molecule has 110 valence electrons. The number of nitrogens with two attached hydrogens (primary N) is 1. The van der Waals surface area contributed by atoms with E-state index in [4.69, 9.17) is 10.5 Å². The molecule has 2 aromatic rings. The lowest BCUT2D eigenvalue weighted by molar-refractivity contribution is -0.00308. The molecule has 2 N–H and O–H groups in total. The van der Waals surface area contributed by atoms with Gasteiger partial charge in [0.15, 0.2) is 0 Å². The molecule has 0 radical (unpaired) electrons. The quantitative estimate of drug-likeness (QED) is 0.917. The summed E-state index contributed by atoms with van der Waals surface area (Å²) in [6.07, 6.45) is 0.870. The smallest absolute Gasteiger partial charge is 0.272 e. The Hall–Kier alpha value is -2.14. The number of rotatable bonds is 2. The van der Waals surface area contributed by atoms with Crippen molar-refractivity contribution in [2.75, 3.05) is 25.5 Å². The Bertz CT molecular complexity index is 672. The largest absolute Gasteiger partial charge is 0.398 e. The predicted molar refractivity (Wildman–Crippen MR) is 82.1 cm³/mol. The summed E-state index contributed by atoms with van der Waals surface area (Å²) in [5, 5.41) is 0.878. The summed E-state index contributed by atoms with van der Waals surface area (Å²) >= 11 is 0. The number of fused-ring (bicyclic) bond motifs is 1. The zero-order valence-corrected chi connectivity index (χ0v) is 12.1. The van der Waals surface area contributed by atoms with Gasteiger partial charge in [0, 0.05) is 17.6 Å². The van der Waals surface area contributed by atoms with Crippen LogP contribution in [0.2, 0.25) is 0 Å². The van der Waals surface area contributed by atoms with E-state index in [1.54, 1.807) is 6.07 Å². The fourth-order valence-electron chi connectivity index (χ4n) is 2.72. The number of amides is 1. The Morgan fingerprint density at radius 2 is 2.29 bits per heavy atom. The lowest BCUT2D eigenvalue weighted by Gasteiger charge is -2.34. The summed E-state index contributed by atoms with van der Waals surface area (Å²) in [5.41, 5.74) is 7.81. The molecule has 1 fully saturated rings. The van der Waals surface area contributed by atoms with Crippen molar-refractivity contribution in [1.29, 1.82) is 0 Å². The molecule has 1 atom stereocenters. The first-order chi connectivity index (χ1) is 10.2. The number of hydrogen-bond donors (Lipinski definition) is 1. The van der Waals surface area contributed by atoms with Crippen LogP contribution in [0.5, 0.6) is 0 Å². The molecule has 0 aliphatic carbocycles. The van der Waals surface area contributed by atoms with Gasteiger partial charge in [0.05, 0.1) is 24.8 Å².